The van der Waals surface area contributed by atoms with Crippen LogP contribution in [0.2, 0.25) is 0 Å². The minimum atomic E-state index is 0.0152. The summed E-state index contributed by atoms with van der Waals surface area (Å²) in [4.78, 5) is 23.5. The molecule has 3 heterocycles. The first kappa shape index (κ1) is 17.9. The number of nitrogens with zero attached hydrogens (tertiary/aromatic N) is 5. The van der Waals surface area contributed by atoms with E-state index in [-0.39, 0.29) is 11.8 Å². The Morgan fingerprint density at radius 2 is 1.93 bits per heavy atom. The van der Waals surface area contributed by atoms with Crippen LogP contribution in [0.4, 0.5) is 0 Å². The van der Waals surface area contributed by atoms with E-state index < -0.39 is 0 Å². The molecule has 0 spiro atoms. The maximum atomic E-state index is 12.9. The summed E-state index contributed by atoms with van der Waals surface area (Å²) in [5.41, 5.74) is 2.36. The number of nitriles is 1. The quantitative estimate of drug-likeness (QED) is 0.706. The predicted octanol–water partition coefficient (Wildman–Crippen LogP) is 3.22. The molecule has 6 nitrogen and oxygen atoms in total. The second-order valence-electron chi connectivity index (χ2n) is 7.05. The van der Waals surface area contributed by atoms with Crippen LogP contribution in [0.5, 0.6) is 0 Å². The van der Waals surface area contributed by atoms with Gasteiger partial charge in [0.2, 0.25) is 0 Å². The molecular weight excluding hydrogens is 350 g/mol. The number of carbonyl (C=O) groups is 1. The summed E-state index contributed by atoms with van der Waals surface area (Å²) in [6.45, 7) is 2.16. The summed E-state index contributed by atoms with van der Waals surface area (Å²) >= 11 is 0. The third-order valence-corrected chi connectivity index (χ3v) is 5.18. The van der Waals surface area contributed by atoms with Crippen molar-refractivity contribution in [2.45, 2.75) is 25.3 Å². The van der Waals surface area contributed by atoms with E-state index in [0.717, 1.165) is 31.8 Å². The number of carbonyl (C=O) groups excluding carboxylic acids is 1. The summed E-state index contributed by atoms with van der Waals surface area (Å²) in [6.07, 6.45) is 9.39. The molecule has 1 aliphatic rings. The third kappa shape index (κ3) is 3.79. The van der Waals surface area contributed by atoms with E-state index in [2.05, 4.69) is 20.6 Å². The highest BCUT2D eigenvalue weighted by atomic mass is 16.2. The molecule has 4 rings (SSSR count). The molecule has 0 aliphatic carbocycles. The SMILES string of the molecule is N#Cc1ccc(C(=O)N2CCC[C@@H](c3nccn3Cc3ccncc3)C2)cc1. The summed E-state index contributed by atoms with van der Waals surface area (Å²) in [6, 6.07) is 12.9. The van der Waals surface area contributed by atoms with Crippen molar-refractivity contribution in [2.75, 3.05) is 13.1 Å². The van der Waals surface area contributed by atoms with E-state index >= 15 is 0 Å². The largest absolute Gasteiger partial charge is 0.338 e. The summed E-state index contributed by atoms with van der Waals surface area (Å²) in [5.74, 6) is 1.25. The lowest BCUT2D eigenvalue weighted by atomic mass is 9.96. The lowest BCUT2D eigenvalue weighted by molar-refractivity contribution is 0.0703. The van der Waals surface area contributed by atoms with Crippen LogP contribution in [-0.4, -0.2) is 38.4 Å². The Balaban J connectivity index is 1.49. The van der Waals surface area contributed by atoms with Gasteiger partial charge in [-0.05, 0) is 54.8 Å². The molecule has 28 heavy (non-hydrogen) atoms. The van der Waals surface area contributed by atoms with Crippen LogP contribution < -0.4 is 0 Å². The molecule has 0 unspecified atom stereocenters. The highest BCUT2D eigenvalue weighted by molar-refractivity contribution is 5.94. The Hall–Kier alpha value is -3.46. The first-order valence-corrected chi connectivity index (χ1v) is 9.44. The van der Waals surface area contributed by atoms with Gasteiger partial charge >= 0.3 is 0 Å². The van der Waals surface area contributed by atoms with Gasteiger partial charge in [-0.3, -0.25) is 9.78 Å². The molecule has 6 heteroatoms. The number of benzene rings is 1. The summed E-state index contributed by atoms with van der Waals surface area (Å²) < 4.78 is 2.16. The number of rotatable bonds is 4. The molecule has 1 amide bonds. The molecule has 1 fully saturated rings. The molecule has 0 saturated carbocycles. The van der Waals surface area contributed by atoms with E-state index in [9.17, 15) is 4.79 Å². The predicted molar refractivity (Wildman–Crippen MR) is 105 cm³/mol. The maximum absolute atomic E-state index is 12.9. The van der Waals surface area contributed by atoms with E-state index in [1.54, 1.807) is 36.7 Å². The number of hydrogen-bond donors (Lipinski definition) is 0. The number of pyridine rings is 1. The minimum absolute atomic E-state index is 0.0152. The molecule has 1 saturated heterocycles. The van der Waals surface area contributed by atoms with Gasteiger partial charge in [0.25, 0.3) is 5.91 Å². The van der Waals surface area contributed by atoms with Crippen molar-refractivity contribution in [2.24, 2.45) is 0 Å². The normalized spacial score (nSPS) is 16.5. The van der Waals surface area contributed by atoms with Crippen LogP contribution in [-0.2, 0) is 6.54 Å². The van der Waals surface area contributed by atoms with Gasteiger partial charge in [0, 0.05) is 55.9 Å². The molecule has 3 aromatic rings. The standard InChI is InChI=1S/C22H21N5O/c23-14-17-3-5-19(6-4-17)22(28)27-12-1-2-20(16-27)21-25-11-13-26(21)15-18-7-9-24-10-8-18/h3-11,13,20H,1-2,12,15-16H2/t20-/m1/s1. The zero-order valence-electron chi connectivity index (χ0n) is 15.5. The van der Waals surface area contributed by atoms with E-state index in [4.69, 9.17) is 5.26 Å². The molecule has 1 aliphatic heterocycles. The number of hydrogen-bond acceptors (Lipinski definition) is 4. The molecule has 0 bridgehead atoms. The Morgan fingerprint density at radius 1 is 1.14 bits per heavy atom. The second kappa shape index (κ2) is 8.05. The Kier molecular flexibility index (Phi) is 5.16. The highest BCUT2D eigenvalue weighted by Gasteiger charge is 2.28. The lowest BCUT2D eigenvalue weighted by Gasteiger charge is -2.32. The van der Waals surface area contributed by atoms with Crippen LogP contribution in [0.3, 0.4) is 0 Å². The van der Waals surface area contributed by atoms with Gasteiger partial charge in [0.15, 0.2) is 0 Å². The summed E-state index contributed by atoms with van der Waals surface area (Å²) in [7, 11) is 0. The van der Waals surface area contributed by atoms with Gasteiger partial charge in [0.1, 0.15) is 5.82 Å². The Bertz CT molecular complexity index is 988. The zero-order chi connectivity index (χ0) is 19.3. The van der Waals surface area contributed by atoms with Crippen LogP contribution >= 0.6 is 0 Å². The smallest absolute Gasteiger partial charge is 0.253 e. The van der Waals surface area contributed by atoms with Crippen LogP contribution in [0.25, 0.3) is 0 Å². The summed E-state index contributed by atoms with van der Waals surface area (Å²) in [5, 5.41) is 8.93. The number of likely N-dealkylation sites (tertiary alicyclic amines) is 1. The fourth-order valence-electron chi connectivity index (χ4n) is 3.74. The molecule has 0 N–H and O–H groups in total. The molecule has 1 aromatic carbocycles. The molecule has 140 valence electrons. The maximum Gasteiger partial charge on any atom is 0.253 e. The van der Waals surface area contributed by atoms with Crippen LogP contribution in [0.15, 0.2) is 61.2 Å². The lowest BCUT2D eigenvalue weighted by Crippen LogP contribution is -2.39. The second-order valence-corrected chi connectivity index (χ2v) is 7.05. The average Bonchev–Trinajstić information content (AvgIpc) is 3.22. The highest BCUT2D eigenvalue weighted by Crippen LogP contribution is 2.27. The minimum Gasteiger partial charge on any atom is -0.338 e. The fourth-order valence-corrected chi connectivity index (χ4v) is 3.74. The molecule has 2 aromatic heterocycles. The van der Waals surface area contributed by atoms with Crippen molar-refractivity contribution >= 4 is 5.91 Å². The first-order chi connectivity index (χ1) is 13.7. The average molecular weight is 371 g/mol. The first-order valence-electron chi connectivity index (χ1n) is 9.44. The van der Waals surface area contributed by atoms with Gasteiger partial charge in [-0.15, -0.1) is 0 Å². The molecular formula is C22H21N5O. The molecule has 1 atom stereocenters. The fraction of sp³-hybridized carbons (Fsp3) is 0.273. The van der Waals surface area contributed by atoms with Gasteiger partial charge in [-0.25, -0.2) is 4.98 Å². The van der Waals surface area contributed by atoms with Crippen molar-refractivity contribution in [3.05, 3.63) is 83.7 Å². The number of aromatic nitrogens is 3. The van der Waals surface area contributed by atoms with Crippen molar-refractivity contribution in [3.8, 4) is 6.07 Å². The zero-order valence-corrected chi connectivity index (χ0v) is 15.5. The van der Waals surface area contributed by atoms with Gasteiger partial charge in [0.05, 0.1) is 11.6 Å². The van der Waals surface area contributed by atoms with E-state index in [1.165, 1.54) is 5.56 Å². The van der Waals surface area contributed by atoms with Crippen molar-refractivity contribution in [1.82, 2.24) is 19.4 Å². The van der Waals surface area contributed by atoms with Crippen LogP contribution in [0.1, 0.15) is 46.1 Å². The Labute approximate surface area is 164 Å². The Morgan fingerprint density at radius 3 is 2.68 bits per heavy atom. The van der Waals surface area contributed by atoms with Crippen molar-refractivity contribution in [1.29, 1.82) is 5.26 Å². The van der Waals surface area contributed by atoms with Crippen molar-refractivity contribution in [3.63, 3.8) is 0 Å². The van der Waals surface area contributed by atoms with Gasteiger partial charge < -0.3 is 9.47 Å². The van der Waals surface area contributed by atoms with Crippen molar-refractivity contribution < 1.29 is 4.79 Å². The van der Waals surface area contributed by atoms with Crippen LogP contribution in [0, 0.1) is 11.3 Å². The van der Waals surface area contributed by atoms with Gasteiger partial charge in [-0.2, -0.15) is 5.26 Å². The number of piperidine rings is 1. The topological polar surface area (TPSA) is 74.8 Å². The van der Waals surface area contributed by atoms with E-state index in [1.807, 2.05) is 29.4 Å². The number of imidazole rings is 1. The van der Waals surface area contributed by atoms with Gasteiger partial charge in [-0.1, -0.05) is 0 Å². The molecule has 0 radical (unpaired) electrons. The van der Waals surface area contributed by atoms with E-state index in [0.29, 0.717) is 17.7 Å². The third-order valence-electron chi connectivity index (χ3n) is 5.18. The number of amides is 1. The monoisotopic (exact) mass is 371 g/mol.